The summed E-state index contributed by atoms with van der Waals surface area (Å²) in [6.07, 6.45) is 3.57. The molecular formula is C18H12N2OS. The molecule has 0 saturated heterocycles. The highest BCUT2D eigenvalue weighted by atomic mass is 32.1. The summed E-state index contributed by atoms with van der Waals surface area (Å²) >= 11 is 1.65. The monoisotopic (exact) mass is 304 g/mol. The molecule has 0 bridgehead atoms. The molecule has 0 spiro atoms. The number of nitrogens with one attached hydrogen (secondary N) is 1. The van der Waals surface area contributed by atoms with E-state index < -0.39 is 0 Å². The van der Waals surface area contributed by atoms with E-state index >= 15 is 0 Å². The molecule has 0 saturated carbocycles. The quantitative estimate of drug-likeness (QED) is 0.565. The predicted molar refractivity (Wildman–Crippen MR) is 89.3 cm³/mol. The van der Waals surface area contributed by atoms with E-state index in [4.69, 9.17) is 0 Å². The molecule has 22 heavy (non-hydrogen) atoms. The highest BCUT2D eigenvalue weighted by molar-refractivity contribution is 7.08. The van der Waals surface area contributed by atoms with Gasteiger partial charge in [0.1, 0.15) is 5.65 Å². The lowest BCUT2D eigenvalue weighted by atomic mass is 10.0. The second kappa shape index (κ2) is 5.24. The van der Waals surface area contributed by atoms with Crippen LogP contribution < -0.4 is 0 Å². The van der Waals surface area contributed by atoms with Crippen molar-refractivity contribution in [3.05, 3.63) is 76.7 Å². The number of carbonyl (C=O) groups is 1. The smallest absolute Gasteiger partial charge is 0.195 e. The van der Waals surface area contributed by atoms with E-state index in [9.17, 15) is 4.79 Å². The zero-order chi connectivity index (χ0) is 14.9. The summed E-state index contributed by atoms with van der Waals surface area (Å²) in [6.45, 7) is 0. The molecule has 3 nitrogen and oxygen atoms in total. The van der Waals surface area contributed by atoms with Crippen LogP contribution in [0.15, 0.2) is 65.6 Å². The second-order valence-corrected chi connectivity index (χ2v) is 5.81. The van der Waals surface area contributed by atoms with Crippen LogP contribution in [0.2, 0.25) is 0 Å². The van der Waals surface area contributed by atoms with Crippen LogP contribution in [0.5, 0.6) is 0 Å². The van der Waals surface area contributed by atoms with Crippen LogP contribution in [-0.2, 0) is 0 Å². The van der Waals surface area contributed by atoms with Crippen LogP contribution in [-0.4, -0.2) is 15.8 Å². The van der Waals surface area contributed by atoms with Gasteiger partial charge >= 0.3 is 0 Å². The minimum absolute atomic E-state index is 0.0103. The van der Waals surface area contributed by atoms with E-state index in [1.54, 1.807) is 17.5 Å². The van der Waals surface area contributed by atoms with Crippen LogP contribution in [0, 0.1) is 0 Å². The number of hydrogen-bond acceptors (Lipinski definition) is 3. The summed E-state index contributed by atoms with van der Waals surface area (Å²) in [7, 11) is 0. The first kappa shape index (κ1) is 13.0. The van der Waals surface area contributed by atoms with Crippen LogP contribution in [0.25, 0.3) is 22.2 Å². The number of carbonyl (C=O) groups excluding carboxylic acids is 1. The molecule has 4 aromatic rings. The minimum Gasteiger partial charge on any atom is -0.345 e. The van der Waals surface area contributed by atoms with E-state index in [0.29, 0.717) is 11.1 Å². The summed E-state index contributed by atoms with van der Waals surface area (Å²) in [5.41, 5.74) is 4.22. The normalized spacial score (nSPS) is 10.9. The topological polar surface area (TPSA) is 45.8 Å². The third-order valence-corrected chi connectivity index (χ3v) is 4.35. The lowest BCUT2D eigenvalue weighted by Gasteiger charge is -2.01. The van der Waals surface area contributed by atoms with Crippen LogP contribution in [0.3, 0.4) is 0 Å². The predicted octanol–water partition coefficient (Wildman–Crippen LogP) is 4.52. The van der Waals surface area contributed by atoms with Crippen molar-refractivity contribution in [2.24, 2.45) is 0 Å². The fraction of sp³-hybridized carbons (Fsp3) is 0. The molecule has 1 aromatic carbocycles. The molecule has 0 unspecified atom stereocenters. The van der Waals surface area contributed by atoms with Crippen molar-refractivity contribution in [3.8, 4) is 11.1 Å². The fourth-order valence-corrected chi connectivity index (χ4v) is 3.19. The van der Waals surface area contributed by atoms with Gasteiger partial charge in [0.15, 0.2) is 5.78 Å². The third-order valence-electron chi connectivity index (χ3n) is 3.67. The molecule has 0 fully saturated rings. The maximum absolute atomic E-state index is 12.7. The number of nitrogens with zero attached hydrogens (tertiary/aromatic N) is 1. The molecule has 4 heteroatoms. The van der Waals surface area contributed by atoms with E-state index in [1.165, 1.54) is 0 Å². The number of pyridine rings is 1. The summed E-state index contributed by atoms with van der Waals surface area (Å²) < 4.78 is 0. The Morgan fingerprint density at radius 1 is 1.09 bits per heavy atom. The average Bonchev–Trinajstić information content (AvgIpc) is 3.24. The van der Waals surface area contributed by atoms with Gasteiger partial charge in [-0.1, -0.05) is 30.3 Å². The van der Waals surface area contributed by atoms with E-state index in [0.717, 1.165) is 22.2 Å². The summed E-state index contributed by atoms with van der Waals surface area (Å²) in [5.74, 6) is 0.0103. The molecule has 0 radical (unpaired) electrons. The van der Waals surface area contributed by atoms with E-state index in [1.807, 2.05) is 48.0 Å². The van der Waals surface area contributed by atoms with Crippen molar-refractivity contribution in [2.45, 2.75) is 0 Å². The molecule has 3 aromatic heterocycles. The standard InChI is InChI=1S/C18H12N2OS/c21-17(12-4-2-1-3-5-12)16-10-20-18-15(16)8-14(9-19-18)13-6-7-22-11-13/h1-11H,(H,19,20). The second-order valence-electron chi connectivity index (χ2n) is 5.03. The van der Waals surface area contributed by atoms with Crippen LogP contribution in [0.1, 0.15) is 15.9 Å². The largest absolute Gasteiger partial charge is 0.345 e. The third kappa shape index (κ3) is 2.14. The molecule has 4 rings (SSSR count). The van der Waals surface area contributed by atoms with Gasteiger partial charge in [-0.05, 0) is 28.5 Å². The molecule has 0 aliphatic rings. The Bertz CT molecular complexity index is 940. The number of aromatic nitrogens is 2. The van der Waals surface area contributed by atoms with Gasteiger partial charge in [0.25, 0.3) is 0 Å². The molecular weight excluding hydrogens is 292 g/mol. The molecule has 0 amide bonds. The number of H-pyrrole nitrogens is 1. The first-order chi connectivity index (χ1) is 10.8. The summed E-state index contributed by atoms with van der Waals surface area (Å²) in [5, 5.41) is 4.97. The van der Waals surface area contributed by atoms with Crippen LogP contribution in [0.4, 0.5) is 0 Å². The maximum Gasteiger partial charge on any atom is 0.195 e. The van der Waals surface area contributed by atoms with Gasteiger partial charge in [0.2, 0.25) is 0 Å². The van der Waals surface area contributed by atoms with Crippen LogP contribution >= 0.6 is 11.3 Å². The van der Waals surface area contributed by atoms with Crippen molar-refractivity contribution in [3.63, 3.8) is 0 Å². The van der Waals surface area contributed by atoms with Gasteiger partial charge in [-0.3, -0.25) is 4.79 Å². The zero-order valence-electron chi connectivity index (χ0n) is 11.6. The van der Waals surface area contributed by atoms with Gasteiger partial charge in [0.05, 0.1) is 0 Å². The lowest BCUT2D eigenvalue weighted by molar-refractivity contribution is 0.104. The van der Waals surface area contributed by atoms with E-state index in [-0.39, 0.29) is 5.78 Å². The molecule has 106 valence electrons. The zero-order valence-corrected chi connectivity index (χ0v) is 12.4. The van der Waals surface area contributed by atoms with Crippen molar-refractivity contribution >= 4 is 28.2 Å². The number of rotatable bonds is 3. The fourth-order valence-electron chi connectivity index (χ4n) is 2.52. The van der Waals surface area contributed by atoms with Gasteiger partial charge < -0.3 is 4.98 Å². The van der Waals surface area contributed by atoms with Gasteiger partial charge in [0, 0.05) is 34.5 Å². The Morgan fingerprint density at radius 3 is 2.73 bits per heavy atom. The lowest BCUT2D eigenvalue weighted by Crippen LogP contribution is -1.99. The number of hydrogen-bond donors (Lipinski definition) is 1. The Morgan fingerprint density at radius 2 is 1.95 bits per heavy atom. The molecule has 3 heterocycles. The number of fused-ring (bicyclic) bond motifs is 1. The Kier molecular flexibility index (Phi) is 3.09. The number of thiophene rings is 1. The first-order valence-electron chi connectivity index (χ1n) is 6.92. The Balaban J connectivity index is 1.85. The summed E-state index contributed by atoms with van der Waals surface area (Å²) in [6, 6.07) is 13.4. The molecule has 0 aliphatic carbocycles. The van der Waals surface area contributed by atoms with Crippen molar-refractivity contribution in [1.82, 2.24) is 9.97 Å². The number of aromatic amines is 1. The molecule has 1 N–H and O–H groups in total. The number of ketones is 1. The van der Waals surface area contributed by atoms with Gasteiger partial charge in [-0.15, -0.1) is 0 Å². The van der Waals surface area contributed by atoms with Gasteiger partial charge in [-0.2, -0.15) is 11.3 Å². The summed E-state index contributed by atoms with van der Waals surface area (Å²) in [4.78, 5) is 20.2. The minimum atomic E-state index is 0.0103. The maximum atomic E-state index is 12.7. The highest BCUT2D eigenvalue weighted by Crippen LogP contribution is 2.27. The highest BCUT2D eigenvalue weighted by Gasteiger charge is 2.15. The van der Waals surface area contributed by atoms with Gasteiger partial charge in [-0.25, -0.2) is 4.98 Å². The molecule has 0 aliphatic heterocycles. The van der Waals surface area contributed by atoms with Crippen molar-refractivity contribution < 1.29 is 4.79 Å². The van der Waals surface area contributed by atoms with Crippen molar-refractivity contribution in [1.29, 1.82) is 0 Å². The average molecular weight is 304 g/mol. The van der Waals surface area contributed by atoms with Crippen molar-refractivity contribution in [2.75, 3.05) is 0 Å². The SMILES string of the molecule is O=C(c1ccccc1)c1c[nH]c2ncc(-c3ccsc3)cc12. The Hall–Kier alpha value is -2.72. The number of benzene rings is 1. The molecule has 0 atom stereocenters. The first-order valence-corrected chi connectivity index (χ1v) is 7.86. The van der Waals surface area contributed by atoms with E-state index in [2.05, 4.69) is 21.4 Å². The Labute approximate surface area is 131 Å².